The van der Waals surface area contributed by atoms with Crippen LogP contribution >= 0.6 is 0 Å². The number of nitrogens with zero attached hydrogens (tertiary/aromatic N) is 1. The van der Waals surface area contributed by atoms with Crippen molar-refractivity contribution >= 4 is 5.91 Å². The van der Waals surface area contributed by atoms with Crippen molar-refractivity contribution < 1.29 is 9.53 Å². The molecule has 4 heteroatoms. The molecule has 1 aliphatic heterocycles. The summed E-state index contributed by atoms with van der Waals surface area (Å²) in [7, 11) is 0. The number of hydrogen-bond donors (Lipinski definition) is 1. The number of amides is 1. The molecular formula is C18H22N2O2. The van der Waals surface area contributed by atoms with Crippen molar-refractivity contribution in [1.82, 2.24) is 9.88 Å². The Balaban J connectivity index is 1.67. The molecule has 0 aliphatic carbocycles. The molecule has 0 saturated carbocycles. The highest BCUT2D eigenvalue weighted by molar-refractivity contribution is 5.93. The first kappa shape index (κ1) is 14.9. The molecule has 1 aliphatic rings. The number of hydrogen-bond acceptors (Lipinski definition) is 2. The molecule has 2 atom stereocenters. The van der Waals surface area contributed by atoms with E-state index in [2.05, 4.69) is 17.4 Å². The number of carbonyl (C=O) groups excluding carboxylic acids is 1. The third kappa shape index (κ3) is 3.39. The minimum Gasteiger partial charge on any atom is -0.376 e. The highest BCUT2D eigenvalue weighted by Gasteiger charge is 2.24. The molecular weight excluding hydrogens is 276 g/mol. The number of rotatable bonds is 5. The SMILES string of the molecule is CC(NC(=O)c1cccn1Cc1ccccc1)C1CCCO1. The predicted octanol–water partition coefficient (Wildman–Crippen LogP) is 2.83. The zero-order valence-corrected chi connectivity index (χ0v) is 12.9. The van der Waals surface area contributed by atoms with Crippen LogP contribution in [0.2, 0.25) is 0 Å². The van der Waals surface area contributed by atoms with Gasteiger partial charge in [0.25, 0.3) is 5.91 Å². The summed E-state index contributed by atoms with van der Waals surface area (Å²) in [5.41, 5.74) is 1.87. The third-order valence-electron chi connectivity index (χ3n) is 4.14. The van der Waals surface area contributed by atoms with E-state index in [0.29, 0.717) is 12.2 Å². The average Bonchev–Trinajstić information content (AvgIpc) is 3.19. The van der Waals surface area contributed by atoms with Gasteiger partial charge in [-0.05, 0) is 37.5 Å². The topological polar surface area (TPSA) is 43.3 Å². The second kappa shape index (κ2) is 6.79. The van der Waals surface area contributed by atoms with Crippen molar-refractivity contribution in [2.45, 2.75) is 38.5 Å². The number of benzene rings is 1. The number of carbonyl (C=O) groups is 1. The molecule has 2 heterocycles. The van der Waals surface area contributed by atoms with E-state index in [1.807, 2.05) is 48.0 Å². The van der Waals surface area contributed by atoms with Crippen LogP contribution in [0.4, 0.5) is 0 Å². The molecule has 22 heavy (non-hydrogen) atoms. The van der Waals surface area contributed by atoms with E-state index in [0.717, 1.165) is 19.4 Å². The van der Waals surface area contributed by atoms with Gasteiger partial charge >= 0.3 is 0 Å². The fourth-order valence-electron chi connectivity index (χ4n) is 2.91. The fourth-order valence-corrected chi connectivity index (χ4v) is 2.91. The number of aromatic nitrogens is 1. The minimum absolute atomic E-state index is 0.0371. The maximum absolute atomic E-state index is 12.5. The van der Waals surface area contributed by atoms with Crippen LogP contribution in [0.3, 0.4) is 0 Å². The summed E-state index contributed by atoms with van der Waals surface area (Å²) in [5, 5.41) is 3.07. The van der Waals surface area contributed by atoms with E-state index >= 15 is 0 Å². The van der Waals surface area contributed by atoms with Crippen LogP contribution in [0.5, 0.6) is 0 Å². The zero-order valence-electron chi connectivity index (χ0n) is 12.9. The average molecular weight is 298 g/mol. The van der Waals surface area contributed by atoms with Crippen molar-refractivity contribution in [2.24, 2.45) is 0 Å². The van der Waals surface area contributed by atoms with Gasteiger partial charge in [-0.3, -0.25) is 4.79 Å². The standard InChI is InChI=1S/C18H22N2O2/c1-14(17-10-6-12-22-17)19-18(21)16-9-5-11-20(16)13-15-7-3-2-4-8-15/h2-5,7-9,11,14,17H,6,10,12-13H2,1H3,(H,19,21). The smallest absolute Gasteiger partial charge is 0.268 e. The quantitative estimate of drug-likeness (QED) is 0.922. The van der Waals surface area contributed by atoms with Crippen LogP contribution < -0.4 is 5.32 Å². The summed E-state index contributed by atoms with van der Waals surface area (Å²) < 4.78 is 7.62. The first-order valence-corrected chi connectivity index (χ1v) is 7.85. The molecule has 3 rings (SSSR count). The van der Waals surface area contributed by atoms with Crippen molar-refractivity contribution in [3.05, 3.63) is 59.9 Å². The van der Waals surface area contributed by atoms with Crippen LogP contribution in [0, 0.1) is 0 Å². The van der Waals surface area contributed by atoms with Crippen LogP contribution in [0.15, 0.2) is 48.7 Å². The molecule has 4 nitrogen and oxygen atoms in total. The van der Waals surface area contributed by atoms with Crippen molar-refractivity contribution in [1.29, 1.82) is 0 Å². The molecule has 116 valence electrons. The largest absolute Gasteiger partial charge is 0.376 e. The second-order valence-corrected chi connectivity index (χ2v) is 5.82. The monoisotopic (exact) mass is 298 g/mol. The van der Waals surface area contributed by atoms with E-state index in [9.17, 15) is 4.79 Å². The molecule has 0 spiro atoms. The zero-order chi connectivity index (χ0) is 15.4. The molecule has 1 N–H and O–H groups in total. The number of nitrogens with one attached hydrogen (secondary N) is 1. The lowest BCUT2D eigenvalue weighted by Gasteiger charge is -2.20. The molecule has 2 unspecified atom stereocenters. The minimum atomic E-state index is -0.0380. The maximum atomic E-state index is 12.5. The van der Waals surface area contributed by atoms with Crippen LogP contribution in [-0.4, -0.2) is 29.2 Å². The van der Waals surface area contributed by atoms with Gasteiger partial charge in [-0.2, -0.15) is 0 Å². The molecule has 2 aromatic rings. The highest BCUT2D eigenvalue weighted by atomic mass is 16.5. The summed E-state index contributed by atoms with van der Waals surface area (Å²) in [6.45, 7) is 3.51. The summed E-state index contributed by atoms with van der Waals surface area (Å²) in [4.78, 5) is 12.5. The summed E-state index contributed by atoms with van der Waals surface area (Å²) in [5.74, 6) is -0.0380. The van der Waals surface area contributed by atoms with E-state index in [-0.39, 0.29) is 18.1 Å². The number of ether oxygens (including phenoxy) is 1. The van der Waals surface area contributed by atoms with E-state index in [1.165, 1.54) is 5.56 Å². The Morgan fingerprint density at radius 3 is 2.86 bits per heavy atom. The van der Waals surface area contributed by atoms with Crippen LogP contribution in [0.25, 0.3) is 0 Å². The Hall–Kier alpha value is -2.07. The first-order chi connectivity index (χ1) is 10.7. The summed E-state index contributed by atoms with van der Waals surface area (Å²) >= 11 is 0. The molecule has 0 bridgehead atoms. The molecule has 1 saturated heterocycles. The Morgan fingerprint density at radius 2 is 2.14 bits per heavy atom. The van der Waals surface area contributed by atoms with Gasteiger partial charge in [0.1, 0.15) is 5.69 Å². The van der Waals surface area contributed by atoms with E-state index in [4.69, 9.17) is 4.74 Å². The molecule has 1 fully saturated rings. The van der Waals surface area contributed by atoms with Gasteiger partial charge in [-0.25, -0.2) is 0 Å². The molecule has 1 amide bonds. The predicted molar refractivity (Wildman–Crippen MR) is 85.9 cm³/mol. The van der Waals surface area contributed by atoms with Gasteiger partial charge in [-0.15, -0.1) is 0 Å². The van der Waals surface area contributed by atoms with Crippen molar-refractivity contribution in [3.63, 3.8) is 0 Å². The van der Waals surface area contributed by atoms with Crippen LogP contribution in [-0.2, 0) is 11.3 Å². The third-order valence-corrected chi connectivity index (χ3v) is 4.14. The van der Waals surface area contributed by atoms with Crippen LogP contribution in [0.1, 0.15) is 35.8 Å². The summed E-state index contributed by atoms with van der Waals surface area (Å²) in [6.07, 6.45) is 4.18. The first-order valence-electron chi connectivity index (χ1n) is 7.85. The van der Waals surface area contributed by atoms with Crippen molar-refractivity contribution in [3.8, 4) is 0 Å². The molecule has 1 aromatic carbocycles. The Kier molecular flexibility index (Phi) is 4.59. The molecule has 0 radical (unpaired) electrons. The Morgan fingerprint density at radius 1 is 1.32 bits per heavy atom. The van der Waals surface area contributed by atoms with Gasteiger partial charge in [0.2, 0.25) is 0 Å². The van der Waals surface area contributed by atoms with Gasteiger partial charge in [0.15, 0.2) is 0 Å². The highest BCUT2D eigenvalue weighted by Crippen LogP contribution is 2.16. The Bertz CT molecular complexity index is 615. The fraction of sp³-hybridized carbons (Fsp3) is 0.389. The summed E-state index contributed by atoms with van der Waals surface area (Å²) in [6, 6.07) is 14.0. The lowest BCUT2D eigenvalue weighted by molar-refractivity contribution is 0.0707. The normalized spacial score (nSPS) is 19.0. The maximum Gasteiger partial charge on any atom is 0.268 e. The van der Waals surface area contributed by atoms with Gasteiger partial charge in [0, 0.05) is 19.3 Å². The molecule has 1 aromatic heterocycles. The van der Waals surface area contributed by atoms with Crippen molar-refractivity contribution in [2.75, 3.05) is 6.61 Å². The van der Waals surface area contributed by atoms with E-state index in [1.54, 1.807) is 0 Å². The van der Waals surface area contributed by atoms with Gasteiger partial charge in [0.05, 0.1) is 12.1 Å². The van der Waals surface area contributed by atoms with Gasteiger partial charge < -0.3 is 14.6 Å². The Labute approximate surface area is 131 Å². The van der Waals surface area contributed by atoms with Gasteiger partial charge in [-0.1, -0.05) is 30.3 Å². The lowest BCUT2D eigenvalue weighted by atomic mass is 10.1. The van der Waals surface area contributed by atoms with E-state index < -0.39 is 0 Å². The lowest BCUT2D eigenvalue weighted by Crippen LogP contribution is -2.41. The second-order valence-electron chi connectivity index (χ2n) is 5.82.